The maximum absolute atomic E-state index is 4.21. The molecule has 0 saturated carbocycles. The fourth-order valence-electron chi connectivity index (χ4n) is 2.92. The highest BCUT2D eigenvalue weighted by Gasteiger charge is 2.22. The van der Waals surface area contributed by atoms with Gasteiger partial charge in [0.15, 0.2) is 0 Å². The second kappa shape index (κ2) is 3.87. The van der Waals surface area contributed by atoms with Crippen molar-refractivity contribution < 1.29 is 0 Å². The van der Waals surface area contributed by atoms with Crippen molar-refractivity contribution in [2.75, 3.05) is 0 Å². The molecule has 0 amide bonds. The monoisotopic (exact) mass is 226 g/mol. The van der Waals surface area contributed by atoms with Gasteiger partial charge in [0.2, 0.25) is 0 Å². The van der Waals surface area contributed by atoms with E-state index in [0.29, 0.717) is 0 Å². The van der Waals surface area contributed by atoms with Gasteiger partial charge in [-0.1, -0.05) is 6.58 Å². The van der Waals surface area contributed by atoms with Crippen molar-refractivity contribution in [3.63, 3.8) is 0 Å². The van der Waals surface area contributed by atoms with E-state index in [-0.39, 0.29) is 0 Å². The van der Waals surface area contributed by atoms with Crippen LogP contribution in [-0.4, -0.2) is 0 Å². The average molecular weight is 226 g/mol. The van der Waals surface area contributed by atoms with Crippen LogP contribution >= 0.6 is 0 Å². The summed E-state index contributed by atoms with van der Waals surface area (Å²) in [6.45, 7) is 17.6. The Balaban J connectivity index is 2.90. The molecule has 0 unspecified atom stereocenters. The van der Waals surface area contributed by atoms with E-state index in [4.69, 9.17) is 0 Å². The van der Waals surface area contributed by atoms with E-state index in [1.165, 1.54) is 50.1 Å². The van der Waals surface area contributed by atoms with Crippen molar-refractivity contribution >= 4 is 5.57 Å². The number of hydrogen-bond acceptors (Lipinski definition) is 0. The number of benzene rings is 1. The van der Waals surface area contributed by atoms with Crippen LogP contribution < -0.4 is 0 Å². The molecule has 0 heterocycles. The summed E-state index contributed by atoms with van der Waals surface area (Å²) in [5.41, 5.74) is 12.9. The Morgan fingerprint density at radius 2 is 1.24 bits per heavy atom. The van der Waals surface area contributed by atoms with E-state index in [1.54, 1.807) is 0 Å². The van der Waals surface area contributed by atoms with Crippen molar-refractivity contribution in [3.05, 3.63) is 51.1 Å². The first-order valence-electron chi connectivity index (χ1n) is 6.31. The first kappa shape index (κ1) is 12.2. The molecular formula is C17H22. The zero-order chi connectivity index (χ0) is 12.9. The Morgan fingerprint density at radius 3 is 1.82 bits per heavy atom. The Labute approximate surface area is 105 Å². The van der Waals surface area contributed by atoms with Crippen molar-refractivity contribution in [2.45, 2.75) is 48.0 Å². The molecule has 1 aromatic carbocycles. The van der Waals surface area contributed by atoms with Gasteiger partial charge < -0.3 is 0 Å². The van der Waals surface area contributed by atoms with Gasteiger partial charge in [-0.25, -0.2) is 0 Å². The van der Waals surface area contributed by atoms with E-state index < -0.39 is 0 Å². The van der Waals surface area contributed by atoms with Crippen LogP contribution in [0, 0.1) is 27.7 Å². The summed E-state index contributed by atoms with van der Waals surface area (Å²) in [6, 6.07) is 0. The number of rotatable bonds is 0. The molecule has 0 aromatic heterocycles. The highest BCUT2D eigenvalue weighted by atomic mass is 14.3. The number of allylic oxidation sites excluding steroid dienone is 3. The van der Waals surface area contributed by atoms with E-state index in [2.05, 4.69) is 48.1 Å². The lowest BCUT2D eigenvalue weighted by Crippen LogP contribution is -2.11. The third kappa shape index (κ3) is 1.58. The van der Waals surface area contributed by atoms with Gasteiger partial charge in [-0.05, 0) is 98.1 Å². The minimum absolute atomic E-state index is 1.02. The summed E-state index contributed by atoms with van der Waals surface area (Å²) in [4.78, 5) is 0. The molecule has 1 aliphatic rings. The minimum Gasteiger partial charge on any atom is -0.0952 e. The molecule has 0 saturated heterocycles. The summed E-state index contributed by atoms with van der Waals surface area (Å²) in [6.07, 6.45) is 1.02. The van der Waals surface area contributed by atoms with Crippen LogP contribution in [0.15, 0.2) is 17.7 Å². The molecule has 0 nitrogen and oxygen atoms in total. The van der Waals surface area contributed by atoms with E-state index in [1.807, 2.05) is 0 Å². The van der Waals surface area contributed by atoms with Crippen molar-refractivity contribution in [1.29, 1.82) is 0 Å². The van der Waals surface area contributed by atoms with Gasteiger partial charge in [0.05, 0.1) is 0 Å². The number of hydrogen-bond donors (Lipinski definition) is 0. The normalized spacial score (nSPS) is 15.3. The SMILES string of the molecule is C=C1Cc2c(C)c(C)c(C)c(C)c2C(C)=C1C. The largest absolute Gasteiger partial charge is 0.0952 e. The summed E-state index contributed by atoms with van der Waals surface area (Å²) in [7, 11) is 0. The van der Waals surface area contributed by atoms with Crippen LogP contribution in [0.2, 0.25) is 0 Å². The van der Waals surface area contributed by atoms with Crippen LogP contribution in [0.3, 0.4) is 0 Å². The first-order valence-corrected chi connectivity index (χ1v) is 6.31. The fraction of sp³-hybridized carbons (Fsp3) is 0.412. The van der Waals surface area contributed by atoms with Crippen molar-refractivity contribution in [3.8, 4) is 0 Å². The second-order valence-corrected chi connectivity index (χ2v) is 5.38. The summed E-state index contributed by atoms with van der Waals surface area (Å²) >= 11 is 0. The molecule has 90 valence electrons. The Kier molecular flexibility index (Phi) is 2.77. The standard InChI is InChI=1S/C17H22/c1-9-8-16-13(5)11(3)12(4)15(7)17(16)14(6)10(9)2/h1,8H2,2-7H3. The third-order valence-electron chi connectivity index (χ3n) is 4.67. The van der Waals surface area contributed by atoms with Crippen molar-refractivity contribution in [1.82, 2.24) is 0 Å². The Bertz CT molecular complexity index is 554. The maximum Gasteiger partial charge on any atom is -0.00200 e. The topological polar surface area (TPSA) is 0 Å². The predicted octanol–water partition coefficient (Wildman–Crippen LogP) is 4.83. The summed E-state index contributed by atoms with van der Waals surface area (Å²) in [5.74, 6) is 0. The molecule has 0 N–H and O–H groups in total. The van der Waals surface area contributed by atoms with Crippen LogP contribution in [0.4, 0.5) is 0 Å². The maximum atomic E-state index is 4.21. The van der Waals surface area contributed by atoms with Crippen LogP contribution in [0.1, 0.15) is 47.2 Å². The molecule has 0 atom stereocenters. The molecule has 17 heavy (non-hydrogen) atoms. The van der Waals surface area contributed by atoms with Gasteiger partial charge in [-0.15, -0.1) is 0 Å². The second-order valence-electron chi connectivity index (χ2n) is 5.38. The molecular weight excluding hydrogens is 204 g/mol. The molecule has 2 rings (SSSR count). The average Bonchev–Trinajstić information content (AvgIpc) is 2.30. The van der Waals surface area contributed by atoms with E-state index in [9.17, 15) is 0 Å². The first-order chi connectivity index (χ1) is 7.86. The van der Waals surface area contributed by atoms with Crippen LogP contribution in [0.25, 0.3) is 5.57 Å². The molecule has 0 aliphatic heterocycles. The van der Waals surface area contributed by atoms with E-state index >= 15 is 0 Å². The lowest BCUT2D eigenvalue weighted by atomic mass is 9.77. The predicted molar refractivity (Wildman–Crippen MR) is 76.5 cm³/mol. The molecule has 0 heteroatoms. The zero-order valence-electron chi connectivity index (χ0n) is 11.9. The van der Waals surface area contributed by atoms with Gasteiger partial charge in [0.25, 0.3) is 0 Å². The minimum atomic E-state index is 1.02. The molecule has 0 radical (unpaired) electrons. The number of fused-ring (bicyclic) bond motifs is 1. The molecule has 1 aromatic rings. The van der Waals surface area contributed by atoms with Crippen LogP contribution in [0.5, 0.6) is 0 Å². The van der Waals surface area contributed by atoms with Crippen molar-refractivity contribution in [2.24, 2.45) is 0 Å². The molecule has 1 aliphatic carbocycles. The molecule has 0 fully saturated rings. The summed E-state index contributed by atoms with van der Waals surface area (Å²) < 4.78 is 0. The van der Waals surface area contributed by atoms with E-state index in [0.717, 1.165) is 6.42 Å². The molecule has 0 spiro atoms. The zero-order valence-corrected chi connectivity index (χ0v) is 11.9. The smallest absolute Gasteiger partial charge is 0.00200 e. The van der Waals surface area contributed by atoms with Gasteiger partial charge >= 0.3 is 0 Å². The van der Waals surface area contributed by atoms with Crippen LogP contribution in [-0.2, 0) is 6.42 Å². The fourth-order valence-corrected chi connectivity index (χ4v) is 2.92. The Hall–Kier alpha value is -1.30. The molecule has 0 bridgehead atoms. The highest BCUT2D eigenvalue weighted by Crippen LogP contribution is 2.39. The quantitative estimate of drug-likeness (QED) is 0.594. The highest BCUT2D eigenvalue weighted by molar-refractivity contribution is 5.80. The lowest BCUT2D eigenvalue weighted by Gasteiger charge is -2.27. The Morgan fingerprint density at radius 1 is 0.706 bits per heavy atom. The lowest BCUT2D eigenvalue weighted by molar-refractivity contribution is 1.04. The summed E-state index contributed by atoms with van der Waals surface area (Å²) in [5, 5.41) is 0. The van der Waals surface area contributed by atoms with Gasteiger partial charge in [-0.3, -0.25) is 0 Å². The van der Waals surface area contributed by atoms with Gasteiger partial charge in [0.1, 0.15) is 0 Å². The third-order valence-corrected chi connectivity index (χ3v) is 4.67. The van der Waals surface area contributed by atoms with Gasteiger partial charge in [0, 0.05) is 0 Å². The van der Waals surface area contributed by atoms with Gasteiger partial charge in [-0.2, -0.15) is 0 Å².